The summed E-state index contributed by atoms with van der Waals surface area (Å²) in [7, 11) is 0. The van der Waals surface area contributed by atoms with Crippen LogP contribution in [0.5, 0.6) is 0 Å². The van der Waals surface area contributed by atoms with Crippen molar-refractivity contribution in [1.29, 1.82) is 0 Å². The highest BCUT2D eigenvalue weighted by Gasteiger charge is 2.15. The Balaban J connectivity index is 2.11. The van der Waals surface area contributed by atoms with Gasteiger partial charge in [-0.25, -0.2) is 4.68 Å². The lowest BCUT2D eigenvalue weighted by atomic mass is 10.0. The fourth-order valence-corrected chi connectivity index (χ4v) is 1.88. The molecule has 18 heavy (non-hydrogen) atoms. The summed E-state index contributed by atoms with van der Waals surface area (Å²) in [4.78, 5) is 10.6. The van der Waals surface area contributed by atoms with Gasteiger partial charge in [-0.15, -0.1) is 5.10 Å². The molecule has 0 amide bonds. The SMILES string of the molecule is O=C(O)CCCC(c1ccccc1)n1cnnn1. The van der Waals surface area contributed by atoms with Crippen LogP contribution in [0.4, 0.5) is 0 Å². The maximum absolute atomic E-state index is 10.6. The van der Waals surface area contributed by atoms with E-state index in [1.54, 1.807) is 11.0 Å². The zero-order valence-corrected chi connectivity index (χ0v) is 9.81. The van der Waals surface area contributed by atoms with E-state index in [2.05, 4.69) is 15.5 Å². The second-order valence-electron chi connectivity index (χ2n) is 4.00. The summed E-state index contributed by atoms with van der Waals surface area (Å²) in [6, 6.07) is 9.81. The van der Waals surface area contributed by atoms with Gasteiger partial charge in [-0.05, 0) is 28.8 Å². The van der Waals surface area contributed by atoms with Gasteiger partial charge in [0.2, 0.25) is 0 Å². The van der Waals surface area contributed by atoms with E-state index in [1.807, 2.05) is 30.3 Å². The number of carboxylic acid groups (broad SMARTS) is 1. The van der Waals surface area contributed by atoms with Crippen molar-refractivity contribution in [3.63, 3.8) is 0 Å². The molecule has 0 aliphatic rings. The van der Waals surface area contributed by atoms with E-state index in [0.29, 0.717) is 12.8 Å². The van der Waals surface area contributed by atoms with Gasteiger partial charge >= 0.3 is 5.97 Å². The van der Waals surface area contributed by atoms with E-state index in [1.165, 1.54) is 0 Å². The summed E-state index contributed by atoms with van der Waals surface area (Å²) < 4.78 is 1.66. The number of rotatable bonds is 6. The van der Waals surface area contributed by atoms with E-state index in [4.69, 9.17) is 5.11 Å². The number of aliphatic carboxylic acids is 1. The highest BCUT2D eigenvalue weighted by molar-refractivity contribution is 5.66. The molecule has 2 aromatic rings. The summed E-state index contributed by atoms with van der Waals surface area (Å²) >= 11 is 0. The molecule has 1 atom stereocenters. The zero-order valence-electron chi connectivity index (χ0n) is 9.81. The van der Waals surface area contributed by atoms with Gasteiger partial charge in [0.15, 0.2) is 0 Å². The lowest BCUT2D eigenvalue weighted by molar-refractivity contribution is -0.137. The number of benzene rings is 1. The molecule has 0 bridgehead atoms. The largest absolute Gasteiger partial charge is 0.481 e. The first-order chi connectivity index (χ1) is 8.77. The molecule has 0 saturated carbocycles. The highest BCUT2D eigenvalue weighted by Crippen LogP contribution is 2.22. The Morgan fingerprint density at radius 3 is 2.72 bits per heavy atom. The molecule has 1 aromatic carbocycles. The number of carboxylic acids is 1. The monoisotopic (exact) mass is 246 g/mol. The summed E-state index contributed by atoms with van der Waals surface area (Å²) in [5.74, 6) is -0.779. The molecule has 0 aliphatic carbocycles. The Kier molecular flexibility index (Phi) is 4.01. The molecule has 2 rings (SSSR count). The van der Waals surface area contributed by atoms with Gasteiger partial charge in [-0.3, -0.25) is 4.79 Å². The molecule has 0 aliphatic heterocycles. The second-order valence-corrected chi connectivity index (χ2v) is 4.00. The number of nitrogens with zero attached hydrogens (tertiary/aromatic N) is 4. The van der Waals surface area contributed by atoms with Crippen LogP contribution in [0.15, 0.2) is 36.7 Å². The molecule has 94 valence electrons. The third-order valence-corrected chi connectivity index (χ3v) is 2.74. The Bertz CT molecular complexity index is 484. The minimum Gasteiger partial charge on any atom is -0.481 e. The van der Waals surface area contributed by atoms with Crippen LogP contribution in [0.2, 0.25) is 0 Å². The van der Waals surface area contributed by atoms with Crippen LogP contribution in [0.1, 0.15) is 30.9 Å². The average molecular weight is 246 g/mol. The van der Waals surface area contributed by atoms with Gasteiger partial charge in [-0.2, -0.15) is 0 Å². The summed E-state index contributed by atoms with van der Waals surface area (Å²) in [5, 5.41) is 19.8. The first kappa shape index (κ1) is 12.2. The van der Waals surface area contributed by atoms with Crippen molar-refractivity contribution in [3.05, 3.63) is 42.2 Å². The third kappa shape index (κ3) is 3.13. The predicted molar refractivity (Wildman–Crippen MR) is 63.9 cm³/mol. The molecule has 0 fully saturated rings. The fourth-order valence-electron chi connectivity index (χ4n) is 1.88. The van der Waals surface area contributed by atoms with Crippen LogP contribution >= 0.6 is 0 Å². The standard InChI is InChI=1S/C12H14N4O2/c17-12(18)8-4-7-11(16-9-13-14-15-16)10-5-2-1-3-6-10/h1-3,5-6,9,11H,4,7-8H2,(H,17,18). The minimum absolute atomic E-state index is 0.0134. The Hall–Kier alpha value is -2.24. The average Bonchev–Trinajstić information content (AvgIpc) is 2.89. The quantitative estimate of drug-likeness (QED) is 0.835. The lowest BCUT2D eigenvalue weighted by Gasteiger charge is -2.16. The number of hydrogen-bond donors (Lipinski definition) is 1. The van der Waals surface area contributed by atoms with Crippen LogP contribution < -0.4 is 0 Å². The molecular formula is C12H14N4O2. The van der Waals surface area contributed by atoms with Crippen molar-refractivity contribution in [2.24, 2.45) is 0 Å². The summed E-state index contributed by atoms with van der Waals surface area (Å²) in [6.07, 6.45) is 3.00. The molecule has 0 spiro atoms. The molecule has 1 heterocycles. The summed E-state index contributed by atoms with van der Waals surface area (Å²) in [5.41, 5.74) is 1.08. The van der Waals surface area contributed by atoms with Gasteiger partial charge in [0, 0.05) is 6.42 Å². The van der Waals surface area contributed by atoms with Crippen LogP contribution in [0.25, 0.3) is 0 Å². The zero-order chi connectivity index (χ0) is 12.8. The molecule has 6 heteroatoms. The van der Waals surface area contributed by atoms with Crippen LogP contribution in [0.3, 0.4) is 0 Å². The fraction of sp³-hybridized carbons (Fsp3) is 0.333. The van der Waals surface area contributed by atoms with Crippen molar-refractivity contribution in [2.45, 2.75) is 25.3 Å². The first-order valence-electron chi connectivity index (χ1n) is 5.76. The predicted octanol–water partition coefficient (Wildman–Crippen LogP) is 1.52. The van der Waals surface area contributed by atoms with Crippen molar-refractivity contribution < 1.29 is 9.90 Å². The molecular weight excluding hydrogens is 232 g/mol. The molecule has 0 radical (unpaired) electrons. The van der Waals surface area contributed by atoms with E-state index in [9.17, 15) is 4.79 Å². The Labute approximate surface area is 104 Å². The second kappa shape index (κ2) is 5.90. The third-order valence-electron chi connectivity index (χ3n) is 2.74. The van der Waals surface area contributed by atoms with Crippen LogP contribution in [0, 0.1) is 0 Å². The number of carbonyl (C=O) groups is 1. The molecule has 1 aromatic heterocycles. The normalized spacial score (nSPS) is 12.2. The molecule has 1 N–H and O–H groups in total. The minimum atomic E-state index is -0.779. The smallest absolute Gasteiger partial charge is 0.303 e. The summed E-state index contributed by atoms with van der Waals surface area (Å²) in [6.45, 7) is 0. The lowest BCUT2D eigenvalue weighted by Crippen LogP contribution is -2.12. The molecule has 6 nitrogen and oxygen atoms in total. The Morgan fingerprint density at radius 1 is 1.33 bits per heavy atom. The van der Waals surface area contributed by atoms with Crippen molar-refractivity contribution in [1.82, 2.24) is 20.2 Å². The van der Waals surface area contributed by atoms with Crippen molar-refractivity contribution in [3.8, 4) is 0 Å². The molecule has 1 unspecified atom stereocenters. The topological polar surface area (TPSA) is 80.9 Å². The van der Waals surface area contributed by atoms with Crippen molar-refractivity contribution in [2.75, 3.05) is 0 Å². The van der Waals surface area contributed by atoms with E-state index in [0.717, 1.165) is 5.56 Å². The van der Waals surface area contributed by atoms with Gasteiger partial charge in [-0.1, -0.05) is 30.3 Å². The highest BCUT2D eigenvalue weighted by atomic mass is 16.4. The number of aromatic nitrogens is 4. The van der Waals surface area contributed by atoms with E-state index in [-0.39, 0.29) is 12.5 Å². The van der Waals surface area contributed by atoms with Gasteiger partial charge in [0.05, 0.1) is 6.04 Å². The first-order valence-corrected chi connectivity index (χ1v) is 5.76. The van der Waals surface area contributed by atoms with Crippen molar-refractivity contribution >= 4 is 5.97 Å². The van der Waals surface area contributed by atoms with Gasteiger partial charge in [0.25, 0.3) is 0 Å². The van der Waals surface area contributed by atoms with Gasteiger partial charge < -0.3 is 5.11 Å². The van der Waals surface area contributed by atoms with Crippen LogP contribution in [-0.2, 0) is 4.79 Å². The maximum atomic E-state index is 10.6. The molecule has 0 saturated heterocycles. The van der Waals surface area contributed by atoms with Gasteiger partial charge in [0.1, 0.15) is 6.33 Å². The number of tetrazole rings is 1. The van der Waals surface area contributed by atoms with Crippen LogP contribution in [-0.4, -0.2) is 31.3 Å². The Morgan fingerprint density at radius 2 is 2.11 bits per heavy atom. The van der Waals surface area contributed by atoms with E-state index < -0.39 is 5.97 Å². The number of hydrogen-bond acceptors (Lipinski definition) is 4. The van der Waals surface area contributed by atoms with E-state index >= 15 is 0 Å². The maximum Gasteiger partial charge on any atom is 0.303 e.